The SMILES string of the molecule is CC(C)C1=C2[C@H]3CC[C@@H]4[C@@]5(C)CC[C@H](OC(=O)[C@H]6C[C@@H](C(=O)O)C6(C)C)C(C)(C)[C@@H]5CC[C@@]4(C)[C@]3(C)CC[C@@]2([C@@H](O)CNC(=O)C(CN)NC(=O)c2ccc(Cl)cc2)CC1=O. The predicted molar refractivity (Wildman–Crippen MR) is 233 cm³/mol. The summed E-state index contributed by atoms with van der Waals surface area (Å²) in [4.78, 5) is 66.1. The molecule has 61 heavy (non-hydrogen) atoms. The predicted octanol–water partition coefficient (Wildman–Crippen LogP) is 7.51. The molecule has 0 aliphatic heterocycles. The summed E-state index contributed by atoms with van der Waals surface area (Å²) in [5.74, 6) is -2.12. The summed E-state index contributed by atoms with van der Waals surface area (Å²) in [6.07, 6.45) is 6.38. The van der Waals surface area contributed by atoms with Crippen LogP contribution in [0.15, 0.2) is 35.4 Å². The van der Waals surface area contributed by atoms with Gasteiger partial charge in [0.1, 0.15) is 12.1 Å². The van der Waals surface area contributed by atoms with Gasteiger partial charge >= 0.3 is 11.9 Å². The summed E-state index contributed by atoms with van der Waals surface area (Å²) in [5.41, 5.74) is 6.37. The number of carbonyl (C=O) groups excluding carboxylic acids is 4. The average molecular weight is 865 g/mol. The van der Waals surface area contributed by atoms with Crippen LogP contribution < -0.4 is 16.4 Å². The minimum absolute atomic E-state index is 0.000866. The number of aliphatic hydroxyl groups excluding tert-OH is 1. The van der Waals surface area contributed by atoms with Gasteiger partial charge in [-0.2, -0.15) is 0 Å². The van der Waals surface area contributed by atoms with E-state index in [2.05, 4.69) is 59.1 Å². The van der Waals surface area contributed by atoms with Crippen molar-refractivity contribution in [2.45, 2.75) is 145 Å². The maximum atomic E-state index is 14.2. The highest BCUT2D eigenvalue weighted by Gasteiger charge is 2.71. The van der Waals surface area contributed by atoms with Gasteiger partial charge in [-0.15, -0.1) is 0 Å². The molecular formula is C49H70ClN3O8. The van der Waals surface area contributed by atoms with Crippen LogP contribution in [-0.2, 0) is 23.9 Å². The average Bonchev–Trinajstić information content (AvgIpc) is 3.50. The molecule has 0 spiro atoms. The van der Waals surface area contributed by atoms with Crippen molar-refractivity contribution in [3.63, 3.8) is 0 Å². The van der Waals surface area contributed by atoms with E-state index in [0.717, 1.165) is 56.1 Å². The minimum atomic E-state index is -1.02. The van der Waals surface area contributed by atoms with E-state index in [1.54, 1.807) is 24.3 Å². The molecule has 336 valence electrons. The van der Waals surface area contributed by atoms with Gasteiger partial charge in [-0.3, -0.25) is 24.0 Å². The fourth-order valence-electron chi connectivity index (χ4n) is 14.8. The summed E-state index contributed by atoms with van der Waals surface area (Å²) in [7, 11) is 0. The Kier molecular flexibility index (Phi) is 11.8. The van der Waals surface area contributed by atoms with Crippen LogP contribution in [0.25, 0.3) is 0 Å². The minimum Gasteiger partial charge on any atom is -0.481 e. The van der Waals surface area contributed by atoms with Gasteiger partial charge in [0.2, 0.25) is 5.91 Å². The van der Waals surface area contributed by atoms with Crippen molar-refractivity contribution in [1.82, 2.24) is 10.6 Å². The van der Waals surface area contributed by atoms with E-state index < -0.39 is 52.6 Å². The lowest BCUT2D eigenvalue weighted by molar-refractivity contribution is -0.238. The van der Waals surface area contributed by atoms with Gasteiger partial charge in [-0.1, -0.05) is 79.5 Å². The molecule has 1 unspecified atom stereocenters. The zero-order chi connectivity index (χ0) is 44.8. The zero-order valence-electron chi connectivity index (χ0n) is 37.8. The summed E-state index contributed by atoms with van der Waals surface area (Å²) in [6.45, 7) is 19.7. The second kappa shape index (κ2) is 15.8. The van der Waals surface area contributed by atoms with Crippen molar-refractivity contribution in [3.8, 4) is 0 Å². The number of nitrogens with two attached hydrogens (primary N) is 1. The van der Waals surface area contributed by atoms with Gasteiger partial charge in [0.15, 0.2) is 5.78 Å². The Balaban J connectivity index is 1.09. The topological polar surface area (TPSA) is 185 Å². The smallest absolute Gasteiger partial charge is 0.309 e. The first-order valence-electron chi connectivity index (χ1n) is 22.8. The van der Waals surface area contributed by atoms with Crippen LogP contribution in [0, 0.1) is 68.0 Å². The second-order valence-corrected chi connectivity index (χ2v) is 22.6. The lowest BCUT2D eigenvalue weighted by Crippen LogP contribution is -2.66. The highest BCUT2D eigenvalue weighted by Crippen LogP contribution is 2.77. The number of carbonyl (C=O) groups is 5. The number of ether oxygens (including phenoxy) is 1. The summed E-state index contributed by atoms with van der Waals surface area (Å²) < 4.78 is 6.40. The van der Waals surface area contributed by atoms with E-state index in [-0.39, 0.29) is 70.9 Å². The van der Waals surface area contributed by atoms with E-state index in [1.165, 1.54) is 0 Å². The molecular weight excluding hydrogens is 794 g/mol. The third-order valence-corrected chi connectivity index (χ3v) is 18.9. The van der Waals surface area contributed by atoms with Crippen molar-refractivity contribution in [1.29, 1.82) is 0 Å². The molecule has 0 radical (unpaired) electrons. The molecule has 1 aromatic rings. The number of allylic oxidation sites excluding steroid dienone is 1. The van der Waals surface area contributed by atoms with Gasteiger partial charge < -0.3 is 31.3 Å². The van der Waals surface area contributed by atoms with Gasteiger partial charge in [0.25, 0.3) is 5.91 Å². The number of halogens is 1. The molecule has 0 aromatic heterocycles. The number of nitrogens with one attached hydrogen (secondary N) is 2. The number of Topliss-reactive ketones (excluding diaryl/α,β-unsaturated/α-hetero) is 1. The van der Waals surface area contributed by atoms with E-state index in [9.17, 15) is 34.2 Å². The molecule has 6 aliphatic carbocycles. The highest BCUT2D eigenvalue weighted by atomic mass is 35.5. The van der Waals surface area contributed by atoms with Crippen molar-refractivity contribution in [2.24, 2.45) is 73.7 Å². The molecule has 5 fully saturated rings. The highest BCUT2D eigenvalue weighted by molar-refractivity contribution is 6.30. The van der Waals surface area contributed by atoms with Crippen molar-refractivity contribution < 1.29 is 38.9 Å². The number of aliphatic carboxylic acids is 1. The van der Waals surface area contributed by atoms with E-state index in [0.29, 0.717) is 35.3 Å². The maximum absolute atomic E-state index is 14.2. The van der Waals surface area contributed by atoms with Crippen molar-refractivity contribution >= 4 is 41.1 Å². The maximum Gasteiger partial charge on any atom is 0.309 e. The number of hydrogen-bond acceptors (Lipinski definition) is 8. The summed E-state index contributed by atoms with van der Waals surface area (Å²) in [5, 5.41) is 28.0. The Labute approximate surface area is 367 Å². The monoisotopic (exact) mass is 863 g/mol. The number of fused-ring (bicyclic) bond motifs is 7. The third kappa shape index (κ3) is 7.00. The Morgan fingerprint density at radius 3 is 2.15 bits per heavy atom. The van der Waals surface area contributed by atoms with Crippen LogP contribution in [0.2, 0.25) is 5.02 Å². The van der Waals surface area contributed by atoms with Crippen LogP contribution in [0.3, 0.4) is 0 Å². The van der Waals surface area contributed by atoms with Crippen LogP contribution in [0.1, 0.15) is 137 Å². The molecule has 1 aromatic carbocycles. The molecule has 6 N–H and O–H groups in total. The number of ketones is 1. The van der Waals surface area contributed by atoms with E-state index in [4.69, 9.17) is 22.1 Å². The number of rotatable bonds is 11. The number of carboxylic acid groups (broad SMARTS) is 1. The molecule has 6 aliphatic rings. The molecule has 0 heterocycles. The molecule has 12 atom stereocenters. The van der Waals surface area contributed by atoms with Crippen LogP contribution in [-0.4, -0.2) is 71.1 Å². The van der Waals surface area contributed by atoms with Gasteiger partial charge in [0, 0.05) is 40.9 Å². The molecule has 0 bridgehead atoms. The van der Waals surface area contributed by atoms with E-state index >= 15 is 0 Å². The van der Waals surface area contributed by atoms with Gasteiger partial charge in [0.05, 0.1) is 17.9 Å². The Bertz CT molecular complexity index is 2000. The Hall–Kier alpha value is -3.28. The fourth-order valence-corrected chi connectivity index (χ4v) is 15.0. The van der Waals surface area contributed by atoms with Crippen LogP contribution >= 0.6 is 11.6 Å². The summed E-state index contributed by atoms with van der Waals surface area (Å²) >= 11 is 5.99. The molecule has 0 saturated heterocycles. The molecule has 7 rings (SSSR count). The van der Waals surface area contributed by atoms with Gasteiger partial charge in [-0.05, 0) is 133 Å². The fraction of sp³-hybridized carbons (Fsp3) is 0.735. The standard InChI is InChI=1S/C49H70ClN3O8/c1-26(2)38-33(54)23-49(36(55)25-52-41(57)32(24-51)53-40(56)27-10-12-28(50)13-11-27)21-20-47(8)29(39(38)49)14-15-35-46(7)18-17-37(45(5,6)34(46)16-19-48(35,47)9)61-43(60)31-22-30(42(58)59)44(31,3)4/h10-13,26,29-32,34-37,55H,14-25,51H2,1-9H3,(H,52,57)(H,53,56)(H,58,59)/t29-,30+,31-,32?,34+,35-,36+,37+,46+,47-,48-,49+/m1/s1. The quantitative estimate of drug-likeness (QED) is 0.141. The molecule has 2 amide bonds. The number of amides is 2. The second-order valence-electron chi connectivity index (χ2n) is 22.2. The number of carboxylic acids is 1. The first kappa shape index (κ1) is 45.7. The number of benzene rings is 1. The van der Waals surface area contributed by atoms with Crippen LogP contribution in [0.5, 0.6) is 0 Å². The largest absolute Gasteiger partial charge is 0.481 e. The number of aliphatic hydroxyl groups is 1. The normalized spacial score (nSPS) is 38.1. The first-order chi connectivity index (χ1) is 28.4. The zero-order valence-corrected chi connectivity index (χ0v) is 38.5. The van der Waals surface area contributed by atoms with Gasteiger partial charge in [-0.25, -0.2) is 0 Å². The Morgan fingerprint density at radius 2 is 1.54 bits per heavy atom. The van der Waals surface area contributed by atoms with E-state index in [1.807, 2.05) is 13.8 Å². The van der Waals surface area contributed by atoms with Crippen molar-refractivity contribution in [3.05, 3.63) is 46.0 Å². The van der Waals surface area contributed by atoms with Crippen molar-refractivity contribution in [2.75, 3.05) is 13.1 Å². The summed E-state index contributed by atoms with van der Waals surface area (Å²) in [6, 6.07) is 5.32. The number of esters is 1. The molecule has 12 heteroatoms. The molecule has 5 saturated carbocycles. The Morgan fingerprint density at radius 1 is 0.869 bits per heavy atom. The van der Waals surface area contributed by atoms with Crippen LogP contribution in [0.4, 0.5) is 0 Å². The third-order valence-electron chi connectivity index (χ3n) is 18.6. The number of hydrogen-bond donors (Lipinski definition) is 5. The molecule has 11 nitrogen and oxygen atoms in total. The lowest BCUT2D eigenvalue weighted by atomic mass is 9.33. The first-order valence-corrected chi connectivity index (χ1v) is 23.2. The lowest BCUT2D eigenvalue weighted by Gasteiger charge is -2.72.